The van der Waals surface area contributed by atoms with E-state index in [4.69, 9.17) is 9.47 Å². The molecule has 1 rings (SSSR count). The molecule has 0 aliphatic heterocycles. The van der Waals surface area contributed by atoms with Crippen LogP contribution in [0.3, 0.4) is 0 Å². The standard InChI is InChI=1S/C16H25FN2O3/c1-11(10-21-5)9-18-14-8-12(6-7-13(14)17)19-15(20)22-16(2,3)4/h6-8,11,18H,9-10H2,1-5H3,(H,19,20). The third-order valence-corrected chi connectivity index (χ3v) is 2.70. The quantitative estimate of drug-likeness (QED) is 0.837. The molecule has 0 radical (unpaired) electrons. The number of hydrogen-bond donors (Lipinski definition) is 2. The lowest BCUT2D eigenvalue weighted by molar-refractivity contribution is 0.0636. The summed E-state index contributed by atoms with van der Waals surface area (Å²) in [5.74, 6) is -0.133. The van der Waals surface area contributed by atoms with Crippen molar-refractivity contribution in [1.82, 2.24) is 0 Å². The molecule has 0 saturated carbocycles. The smallest absolute Gasteiger partial charge is 0.412 e. The molecule has 22 heavy (non-hydrogen) atoms. The lowest BCUT2D eigenvalue weighted by Crippen LogP contribution is -2.27. The van der Waals surface area contributed by atoms with Crippen LogP contribution in [0.25, 0.3) is 0 Å². The molecule has 1 aromatic rings. The third kappa shape index (κ3) is 6.76. The Hall–Kier alpha value is -1.82. The average molecular weight is 312 g/mol. The number of carbonyl (C=O) groups is 1. The Morgan fingerprint density at radius 1 is 1.36 bits per heavy atom. The van der Waals surface area contributed by atoms with Gasteiger partial charge in [-0.15, -0.1) is 0 Å². The molecule has 0 bridgehead atoms. The first kappa shape index (κ1) is 18.2. The molecule has 5 nitrogen and oxygen atoms in total. The number of methoxy groups -OCH3 is 1. The maximum atomic E-state index is 13.8. The summed E-state index contributed by atoms with van der Waals surface area (Å²) in [5, 5.41) is 5.60. The first-order valence-electron chi connectivity index (χ1n) is 7.23. The zero-order valence-electron chi connectivity index (χ0n) is 13.8. The van der Waals surface area contributed by atoms with Gasteiger partial charge in [0.15, 0.2) is 0 Å². The maximum Gasteiger partial charge on any atom is 0.412 e. The predicted octanol–water partition coefficient (Wildman–Crippen LogP) is 3.87. The van der Waals surface area contributed by atoms with Gasteiger partial charge in [0.25, 0.3) is 0 Å². The molecule has 1 aromatic carbocycles. The second-order valence-corrected chi connectivity index (χ2v) is 6.26. The van der Waals surface area contributed by atoms with E-state index in [-0.39, 0.29) is 11.7 Å². The molecular formula is C16H25FN2O3. The van der Waals surface area contributed by atoms with E-state index in [9.17, 15) is 9.18 Å². The number of halogens is 1. The monoisotopic (exact) mass is 312 g/mol. The number of anilines is 2. The van der Waals surface area contributed by atoms with Crippen LogP contribution in [0.4, 0.5) is 20.6 Å². The van der Waals surface area contributed by atoms with E-state index >= 15 is 0 Å². The normalized spacial score (nSPS) is 12.6. The molecule has 6 heteroatoms. The molecule has 0 heterocycles. The van der Waals surface area contributed by atoms with E-state index in [1.807, 2.05) is 6.92 Å². The van der Waals surface area contributed by atoms with Gasteiger partial charge < -0.3 is 14.8 Å². The highest BCUT2D eigenvalue weighted by atomic mass is 19.1. The van der Waals surface area contributed by atoms with E-state index in [1.165, 1.54) is 12.1 Å². The lowest BCUT2D eigenvalue weighted by Gasteiger charge is -2.20. The van der Waals surface area contributed by atoms with Gasteiger partial charge in [0.05, 0.1) is 12.3 Å². The van der Waals surface area contributed by atoms with Crippen molar-refractivity contribution in [2.75, 3.05) is 30.9 Å². The molecule has 0 fully saturated rings. The van der Waals surface area contributed by atoms with E-state index in [1.54, 1.807) is 33.9 Å². The molecule has 1 unspecified atom stereocenters. The summed E-state index contributed by atoms with van der Waals surface area (Å²) >= 11 is 0. The number of benzene rings is 1. The topological polar surface area (TPSA) is 59.6 Å². The Labute approximate surface area is 131 Å². The molecule has 1 amide bonds. The first-order chi connectivity index (χ1) is 10.2. The molecule has 0 spiro atoms. The number of amides is 1. The first-order valence-corrected chi connectivity index (χ1v) is 7.23. The van der Waals surface area contributed by atoms with Crippen LogP contribution in [-0.2, 0) is 9.47 Å². The van der Waals surface area contributed by atoms with Gasteiger partial charge in [-0.05, 0) is 44.9 Å². The molecule has 0 saturated heterocycles. The zero-order valence-corrected chi connectivity index (χ0v) is 13.8. The Bertz CT molecular complexity index is 501. The van der Waals surface area contributed by atoms with Gasteiger partial charge in [-0.25, -0.2) is 9.18 Å². The van der Waals surface area contributed by atoms with Crippen LogP contribution in [0.15, 0.2) is 18.2 Å². The van der Waals surface area contributed by atoms with Gasteiger partial charge in [-0.2, -0.15) is 0 Å². The third-order valence-electron chi connectivity index (χ3n) is 2.70. The number of hydrogen-bond acceptors (Lipinski definition) is 4. The summed E-state index contributed by atoms with van der Waals surface area (Å²) in [6, 6.07) is 4.33. The number of carbonyl (C=O) groups excluding carboxylic acids is 1. The summed E-state index contributed by atoms with van der Waals surface area (Å²) in [5.41, 5.74) is 0.217. The minimum atomic E-state index is -0.583. The largest absolute Gasteiger partial charge is 0.444 e. The van der Waals surface area contributed by atoms with Crippen LogP contribution in [0.1, 0.15) is 27.7 Å². The van der Waals surface area contributed by atoms with Crippen molar-refractivity contribution >= 4 is 17.5 Å². The maximum absolute atomic E-state index is 13.8. The van der Waals surface area contributed by atoms with Crippen molar-refractivity contribution in [1.29, 1.82) is 0 Å². The molecule has 2 N–H and O–H groups in total. The van der Waals surface area contributed by atoms with Crippen molar-refractivity contribution in [3.8, 4) is 0 Å². The minimum absolute atomic E-state index is 0.242. The summed E-state index contributed by atoms with van der Waals surface area (Å²) in [6.45, 7) is 8.49. The van der Waals surface area contributed by atoms with E-state index in [0.29, 0.717) is 24.5 Å². The Morgan fingerprint density at radius 2 is 2.05 bits per heavy atom. The Balaban J connectivity index is 2.67. The highest BCUT2D eigenvalue weighted by Gasteiger charge is 2.16. The Morgan fingerprint density at radius 3 is 2.64 bits per heavy atom. The van der Waals surface area contributed by atoms with Crippen LogP contribution < -0.4 is 10.6 Å². The molecule has 0 aliphatic carbocycles. The second kappa shape index (κ2) is 7.98. The number of rotatable bonds is 6. The molecule has 0 aromatic heterocycles. The number of nitrogens with one attached hydrogen (secondary N) is 2. The Kier molecular flexibility index (Phi) is 6.61. The van der Waals surface area contributed by atoms with Crippen molar-refractivity contribution < 1.29 is 18.7 Å². The summed E-state index contributed by atoms with van der Waals surface area (Å²) in [7, 11) is 1.63. The predicted molar refractivity (Wildman–Crippen MR) is 85.8 cm³/mol. The van der Waals surface area contributed by atoms with Crippen LogP contribution in [0.2, 0.25) is 0 Å². The van der Waals surface area contributed by atoms with Gasteiger partial charge in [0.2, 0.25) is 0 Å². The number of ether oxygens (including phenoxy) is 2. The van der Waals surface area contributed by atoms with Gasteiger partial charge in [-0.3, -0.25) is 5.32 Å². The van der Waals surface area contributed by atoms with E-state index in [2.05, 4.69) is 10.6 Å². The van der Waals surface area contributed by atoms with Crippen molar-refractivity contribution in [2.24, 2.45) is 5.92 Å². The second-order valence-electron chi connectivity index (χ2n) is 6.26. The summed E-state index contributed by atoms with van der Waals surface area (Å²) in [6.07, 6.45) is -0.571. The van der Waals surface area contributed by atoms with Crippen LogP contribution in [-0.4, -0.2) is 32.0 Å². The zero-order chi connectivity index (χ0) is 16.8. The van der Waals surface area contributed by atoms with Crippen molar-refractivity contribution in [3.63, 3.8) is 0 Å². The summed E-state index contributed by atoms with van der Waals surface area (Å²) in [4.78, 5) is 11.7. The fourth-order valence-corrected chi connectivity index (χ4v) is 1.79. The minimum Gasteiger partial charge on any atom is -0.444 e. The highest BCUT2D eigenvalue weighted by Crippen LogP contribution is 2.21. The van der Waals surface area contributed by atoms with Gasteiger partial charge >= 0.3 is 6.09 Å². The fourth-order valence-electron chi connectivity index (χ4n) is 1.79. The van der Waals surface area contributed by atoms with Crippen LogP contribution in [0, 0.1) is 11.7 Å². The van der Waals surface area contributed by atoms with Crippen molar-refractivity contribution in [3.05, 3.63) is 24.0 Å². The van der Waals surface area contributed by atoms with Gasteiger partial charge in [0, 0.05) is 19.3 Å². The summed E-state index contributed by atoms with van der Waals surface area (Å²) < 4.78 is 24.0. The SMILES string of the molecule is COCC(C)CNc1cc(NC(=O)OC(C)(C)C)ccc1F. The van der Waals surface area contributed by atoms with Gasteiger partial charge in [-0.1, -0.05) is 6.92 Å². The van der Waals surface area contributed by atoms with Crippen LogP contribution >= 0.6 is 0 Å². The van der Waals surface area contributed by atoms with E-state index < -0.39 is 11.7 Å². The van der Waals surface area contributed by atoms with E-state index in [0.717, 1.165) is 0 Å². The molecule has 1 atom stereocenters. The fraction of sp³-hybridized carbons (Fsp3) is 0.562. The lowest BCUT2D eigenvalue weighted by atomic mass is 10.2. The molecular weight excluding hydrogens is 287 g/mol. The highest BCUT2D eigenvalue weighted by molar-refractivity contribution is 5.85. The molecule has 0 aliphatic rings. The van der Waals surface area contributed by atoms with Crippen LogP contribution in [0.5, 0.6) is 0 Å². The van der Waals surface area contributed by atoms with Crippen molar-refractivity contribution in [2.45, 2.75) is 33.3 Å². The van der Waals surface area contributed by atoms with Gasteiger partial charge in [0.1, 0.15) is 11.4 Å². The molecule has 124 valence electrons. The average Bonchev–Trinajstić information content (AvgIpc) is 2.37.